The van der Waals surface area contributed by atoms with Crippen LogP contribution in [0.3, 0.4) is 0 Å². The lowest BCUT2D eigenvalue weighted by Gasteiger charge is -2.11. The van der Waals surface area contributed by atoms with Crippen molar-refractivity contribution in [3.63, 3.8) is 0 Å². The molecule has 2 heterocycles. The summed E-state index contributed by atoms with van der Waals surface area (Å²) in [5.41, 5.74) is 5.77. The summed E-state index contributed by atoms with van der Waals surface area (Å²) in [4.78, 5) is 12.9. The minimum Gasteiger partial charge on any atom is -0.378 e. The number of nitrogen functional groups attached to an aromatic ring is 1. The summed E-state index contributed by atoms with van der Waals surface area (Å²) in [6.07, 6.45) is 0.994. The first-order chi connectivity index (χ1) is 10.1. The molecule has 0 radical (unpaired) electrons. The van der Waals surface area contributed by atoms with Crippen LogP contribution in [0.5, 0.6) is 0 Å². The van der Waals surface area contributed by atoms with Crippen LogP contribution in [0.15, 0.2) is 6.07 Å². The number of hydrogen-bond acceptors (Lipinski definition) is 7. The summed E-state index contributed by atoms with van der Waals surface area (Å²) in [7, 11) is 4.06. The van der Waals surface area contributed by atoms with E-state index in [9.17, 15) is 0 Å². The SMILES string of the molecule is CCc1cc2c(NCCOCCN(C)C)nc(N)nc2s1. The van der Waals surface area contributed by atoms with Gasteiger partial charge in [0, 0.05) is 18.0 Å². The van der Waals surface area contributed by atoms with E-state index in [2.05, 4.69) is 33.2 Å². The molecule has 3 N–H and O–H groups in total. The minimum atomic E-state index is 0.308. The smallest absolute Gasteiger partial charge is 0.223 e. The fraction of sp³-hybridized carbons (Fsp3) is 0.571. The van der Waals surface area contributed by atoms with Gasteiger partial charge in [0.15, 0.2) is 0 Å². The van der Waals surface area contributed by atoms with Gasteiger partial charge in [0.1, 0.15) is 10.6 Å². The topological polar surface area (TPSA) is 76.3 Å². The second-order valence-electron chi connectivity index (χ2n) is 5.06. The number of anilines is 2. The van der Waals surface area contributed by atoms with Crippen molar-refractivity contribution < 1.29 is 4.74 Å². The predicted molar refractivity (Wildman–Crippen MR) is 89.1 cm³/mol. The molecule has 2 rings (SSSR count). The Morgan fingerprint density at radius 2 is 2.14 bits per heavy atom. The van der Waals surface area contributed by atoms with Crippen LogP contribution in [0.25, 0.3) is 10.2 Å². The quantitative estimate of drug-likeness (QED) is 0.725. The molecule has 0 saturated carbocycles. The Bertz CT molecular complexity index is 584. The van der Waals surface area contributed by atoms with Crippen LogP contribution < -0.4 is 11.1 Å². The molecule has 0 amide bonds. The largest absolute Gasteiger partial charge is 0.378 e. The fourth-order valence-corrected chi connectivity index (χ4v) is 2.86. The van der Waals surface area contributed by atoms with Gasteiger partial charge in [-0.1, -0.05) is 6.92 Å². The van der Waals surface area contributed by atoms with Crippen molar-refractivity contribution in [2.24, 2.45) is 0 Å². The van der Waals surface area contributed by atoms with E-state index in [1.54, 1.807) is 11.3 Å². The van der Waals surface area contributed by atoms with Crippen LogP contribution in [0.2, 0.25) is 0 Å². The summed E-state index contributed by atoms with van der Waals surface area (Å²) in [6.45, 7) is 5.14. The van der Waals surface area contributed by atoms with Crippen molar-refractivity contribution >= 4 is 33.3 Å². The fourth-order valence-electron chi connectivity index (χ4n) is 1.89. The average Bonchev–Trinajstić information content (AvgIpc) is 2.85. The molecule has 21 heavy (non-hydrogen) atoms. The highest BCUT2D eigenvalue weighted by molar-refractivity contribution is 7.18. The third-order valence-corrected chi connectivity index (χ3v) is 4.20. The van der Waals surface area contributed by atoms with Crippen LogP contribution in [0.1, 0.15) is 11.8 Å². The summed E-state index contributed by atoms with van der Waals surface area (Å²) >= 11 is 1.67. The minimum absolute atomic E-state index is 0.308. The molecule has 0 aliphatic heterocycles. The lowest BCUT2D eigenvalue weighted by Crippen LogP contribution is -2.20. The Balaban J connectivity index is 1.93. The van der Waals surface area contributed by atoms with E-state index in [1.165, 1.54) is 4.88 Å². The van der Waals surface area contributed by atoms with Crippen LogP contribution in [0.4, 0.5) is 11.8 Å². The molecular formula is C14H23N5OS. The van der Waals surface area contributed by atoms with E-state index in [1.807, 2.05) is 14.1 Å². The van der Waals surface area contributed by atoms with Gasteiger partial charge in [0.05, 0.1) is 18.6 Å². The van der Waals surface area contributed by atoms with E-state index < -0.39 is 0 Å². The Labute approximate surface area is 129 Å². The van der Waals surface area contributed by atoms with Crippen molar-refractivity contribution in [2.75, 3.05) is 51.4 Å². The van der Waals surface area contributed by atoms with E-state index in [-0.39, 0.29) is 0 Å². The second kappa shape index (κ2) is 7.53. The molecule has 0 aliphatic carbocycles. The molecule has 2 aromatic rings. The first-order valence-corrected chi connectivity index (χ1v) is 7.94. The van der Waals surface area contributed by atoms with Gasteiger partial charge in [-0.05, 0) is 26.6 Å². The number of thiophene rings is 1. The molecule has 0 bridgehead atoms. The summed E-state index contributed by atoms with van der Waals surface area (Å²) in [5, 5.41) is 4.33. The van der Waals surface area contributed by atoms with Gasteiger partial charge in [0.25, 0.3) is 0 Å². The number of nitrogens with one attached hydrogen (secondary N) is 1. The van der Waals surface area contributed by atoms with Gasteiger partial charge in [-0.15, -0.1) is 11.3 Å². The van der Waals surface area contributed by atoms with Gasteiger partial charge in [-0.25, -0.2) is 4.98 Å². The summed E-state index contributed by atoms with van der Waals surface area (Å²) in [5.74, 6) is 1.10. The molecule has 7 heteroatoms. The summed E-state index contributed by atoms with van der Waals surface area (Å²) < 4.78 is 5.56. The molecule has 0 aliphatic rings. The van der Waals surface area contributed by atoms with Crippen LogP contribution >= 0.6 is 11.3 Å². The van der Waals surface area contributed by atoms with Crippen molar-refractivity contribution in [1.29, 1.82) is 0 Å². The Hall–Kier alpha value is -1.44. The lowest BCUT2D eigenvalue weighted by molar-refractivity contribution is 0.126. The zero-order valence-corrected chi connectivity index (χ0v) is 13.7. The molecule has 0 atom stereocenters. The van der Waals surface area contributed by atoms with Crippen LogP contribution in [-0.4, -0.2) is 55.3 Å². The average molecular weight is 309 g/mol. The Morgan fingerprint density at radius 1 is 1.33 bits per heavy atom. The number of ether oxygens (including phenoxy) is 1. The molecule has 0 unspecified atom stereocenters. The van der Waals surface area contributed by atoms with Crippen LogP contribution in [-0.2, 0) is 11.2 Å². The zero-order valence-electron chi connectivity index (χ0n) is 12.8. The molecule has 116 valence electrons. The number of fused-ring (bicyclic) bond motifs is 1. The predicted octanol–water partition coefficient (Wildman–Crippen LogP) is 1.83. The van der Waals surface area contributed by atoms with Crippen molar-refractivity contribution in [1.82, 2.24) is 14.9 Å². The molecular weight excluding hydrogens is 286 g/mol. The molecule has 0 aromatic carbocycles. The van der Waals surface area contributed by atoms with Gasteiger partial charge >= 0.3 is 0 Å². The lowest BCUT2D eigenvalue weighted by atomic mass is 10.3. The molecule has 0 saturated heterocycles. The zero-order chi connectivity index (χ0) is 15.2. The highest BCUT2D eigenvalue weighted by Crippen LogP contribution is 2.29. The van der Waals surface area contributed by atoms with Crippen molar-refractivity contribution in [2.45, 2.75) is 13.3 Å². The maximum Gasteiger partial charge on any atom is 0.223 e. The normalized spacial score (nSPS) is 11.4. The van der Waals surface area contributed by atoms with Gasteiger partial charge in [0.2, 0.25) is 5.95 Å². The number of nitrogens with zero attached hydrogens (tertiary/aromatic N) is 3. The van der Waals surface area contributed by atoms with E-state index >= 15 is 0 Å². The molecule has 6 nitrogen and oxygen atoms in total. The third-order valence-electron chi connectivity index (χ3n) is 3.03. The number of nitrogens with two attached hydrogens (primary N) is 1. The highest BCUT2D eigenvalue weighted by atomic mass is 32.1. The Morgan fingerprint density at radius 3 is 2.86 bits per heavy atom. The number of aromatic nitrogens is 2. The maximum atomic E-state index is 5.77. The van der Waals surface area contributed by atoms with E-state index in [0.29, 0.717) is 19.1 Å². The first-order valence-electron chi connectivity index (χ1n) is 7.12. The van der Waals surface area contributed by atoms with Gasteiger partial charge in [-0.3, -0.25) is 0 Å². The van der Waals surface area contributed by atoms with Gasteiger partial charge < -0.3 is 20.7 Å². The van der Waals surface area contributed by atoms with Crippen LogP contribution in [0, 0.1) is 0 Å². The molecule has 2 aromatic heterocycles. The third kappa shape index (κ3) is 4.52. The first kappa shape index (κ1) is 15.9. The summed E-state index contributed by atoms with van der Waals surface area (Å²) in [6, 6.07) is 2.13. The number of hydrogen-bond donors (Lipinski definition) is 2. The maximum absolute atomic E-state index is 5.77. The highest BCUT2D eigenvalue weighted by Gasteiger charge is 2.09. The second-order valence-corrected chi connectivity index (χ2v) is 6.17. The molecule has 0 fully saturated rings. The number of likely N-dealkylation sites (N-methyl/N-ethyl adjacent to an activating group) is 1. The van der Waals surface area contributed by atoms with Crippen molar-refractivity contribution in [3.8, 4) is 0 Å². The van der Waals surface area contributed by atoms with Crippen molar-refractivity contribution in [3.05, 3.63) is 10.9 Å². The van der Waals surface area contributed by atoms with E-state index in [0.717, 1.165) is 35.6 Å². The number of rotatable bonds is 8. The monoisotopic (exact) mass is 309 g/mol. The van der Waals surface area contributed by atoms with Gasteiger partial charge in [-0.2, -0.15) is 4.98 Å². The Kier molecular flexibility index (Phi) is 5.72. The number of aryl methyl sites for hydroxylation is 1. The molecule has 0 spiro atoms. The standard InChI is InChI=1S/C14H23N5OS/c1-4-10-9-11-12(17-14(15)18-13(11)21-10)16-5-7-20-8-6-19(2)3/h9H,4-8H2,1-3H3,(H3,15,16,17,18). The van der Waals surface area contributed by atoms with E-state index in [4.69, 9.17) is 10.5 Å².